The van der Waals surface area contributed by atoms with Gasteiger partial charge in [0.1, 0.15) is 0 Å². The van der Waals surface area contributed by atoms with Crippen LogP contribution in [0.3, 0.4) is 0 Å². The van der Waals surface area contributed by atoms with Crippen molar-refractivity contribution in [2.45, 2.75) is 38.7 Å². The summed E-state index contributed by atoms with van der Waals surface area (Å²) in [5, 5.41) is 8.66. The smallest absolute Gasteiger partial charge is 0.332 e. The van der Waals surface area contributed by atoms with Crippen molar-refractivity contribution in [1.82, 2.24) is 0 Å². The standard InChI is InChI=1S/C11H18O3/c1-7(11(12)13)14-6-10-5-8-2-3-9(10)4-8/h7-10H,2-6H2,1H3,(H,12,13). The minimum atomic E-state index is -0.854. The highest BCUT2D eigenvalue weighted by molar-refractivity contribution is 5.71. The van der Waals surface area contributed by atoms with Crippen molar-refractivity contribution in [2.75, 3.05) is 6.61 Å². The second-order valence-corrected chi connectivity index (χ2v) is 4.75. The van der Waals surface area contributed by atoms with E-state index in [1.807, 2.05) is 0 Å². The highest BCUT2D eigenvalue weighted by Gasteiger charge is 2.39. The third-order valence-electron chi connectivity index (χ3n) is 3.79. The van der Waals surface area contributed by atoms with Crippen LogP contribution in [0.1, 0.15) is 32.6 Å². The van der Waals surface area contributed by atoms with Crippen LogP contribution in [0.5, 0.6) is 0 Å². The van der Waals surface area contributed by atoms with Crippen LogP contribution in [0.15, 0.2) is 0 Å². The number of ether oxygens (including phenoxy) is 1. The van der Waals surface area contributed by atoms with E-state index in [1.54, 1.807) is 6.92 Å². The molecule has 4 atom stereocenters. The van der Waals surface area contributed by atoms with Gasteiger partial charge in [0.15, 0.2) is 6.10 Å². The summed E-state index contributed by atoms with van der Waals surface area (Å²) < 4.78 is 5.34. The molecule has 2 aliphatic rings. The number of aliphatic carboxylic acids is 1. The summed E-state index contributed by atoms with van der Waals surface area (Å²) in [4.78, 5) is 10.5. The summed E-state index contributed by atoms with van der Waals surface area (Å²) in [6.07, 6.45) is 4.69. The first-order valence-electron chi connectivity index (χ1n) is 5.51. The van der Waals surface area contributed by atoms with E-state index < -0.39 is 12.1 Å². The first-order chi connectivity index (χ1) is 6.66. The van der Waals surface area contributed by atoms with Crippen LogP contribution in [0, 0.1) is 17.8 Å². The van der Waals surface area contributed by atoms with Gasteiger partial charge in [-0.2, -0.15) is 0 Å². The molecule has 2 rings (SSSR count). The normalized spacial score (nSPS) is 37.4. The van der Waals surface area contributed by atoms with E-state index in [0.29, 0.717) is 12.5 Å². The molecule has 80 valence electrons. The van der Waals surface area contributed by atoms with E-state index in [9.17, 15) is 4.79 Å². The Balaban J connectivity index is 1.74. The molecule has 2 aliphatic carbocycles. The van der Waals surface area contributed by atoms with Crippen molar-refractivity contribution in [3.8, 4) is 0 Å². The van der Waals surface area contributed by atoms with E-state index in [2.05, 4.69) is 0 Å². The zero-order chi connectivity index (χ0) is 10.1. The molecule has 2 saturated carbocycles. The minimum Gasteiger partial charge on any atom is -0.479 e. The number of hydrogen-bond acceptors (Lipinski definition) is 2. The first-order valence-corrected chi connectivity index (χ1v) is 5.51. The van der Waals surface area contributed by atoms with Gasteiger partial charge in [0.2, 0.25) is 0 Å². The second-order valence-electron chi connectivity index (χ2n) is 4.75. The number of rotatable bonds is 4. The molecule has 0 aliphatic heterocycles. The molecule has 0 aromatic rings. The summed E-state index contributed by atoms with van der Waals surface area (Å²) in [5.74, 6) is 1.51. The van der Waals surface area contributed by atoms with Crippen molar-refractivity contribution in [3.05, 3.63) is 0 Å². The number of fused-ring (bicyclic) bond motifs is 2. The van der Waals surface area contributed by atoms with Crippen molar-refractivity contribution >= 4 is 5.97 Å². The van der Waals surface area contributed by atoms with Crippen molar-refractivity contribution in [2.24, 2.45) is 17.8 Å². The van der Waals surface area contributed by atoms with Gasteiger partial charge in [-0.3, -0.25) is 0 Å². The molecule has 1 N–H and O–H groups in total. The predicted octanol–water partition coefficient (Wildman–Crippen LogP) is 1.91. The largest absolute Gasteiger partial charge is 0.479 e. The highest BCUT2D eigenvalue weighted by atomic mass is 16.5. The Kier molecular flexibility index (Phi) is 2.77. The third-order valence-corrected chi connectivity index (χ3v) is 3.79. The lowest BCUT2D eigenvalue weighted by Gasteiger charge is -2.22. The van der Waals surface area contributed by atoms with Crippen LogP contribution < -0.4 is 0 Å². The van der Waals surface area contributed by atoms with E-state index >= 15 is 0 Å². The molecule has 3 nitrogen and oxygen atoms in total. The Labute approximate surface area is 84.4 Å². The van der Waals surface area contributed by atoms with Crippen LogP contribution in [0.4, 0.5) is 0 Å². The molecule has 0 amide bonds. The van der Waals surface area contributed by atoms with Crippen LogP contribution in [0.2, 0.25) is 0 Å². The van der Waals surface area contributed by atoms with Gasteiger partial charge >= 0.3 is 5.97 Å². The van der Waals surface area contributed by atoms with Crippen LogP contribution in [0.25, 0.3) is 0 Å². The van der Waals surface area contributed by atoms with Gasteiger partial charge in [-0.05, 0) is 43.9 Å². The van der Waals surface area contributed by atoms with Gasteiger partial charge in [0.05, 0.1) is 6.61 Å². The second kappa shape index (κ2) is 3.89. The molecule has 0 aromatic carbocycles. The Bertz CT molecular complexity index is 227. The lowest BCUT2D eigenvalue weighted by Crippen LogP contribution is -2.25. The summed E-state index contributed by atoms with van der Waals surface area (Å²) >= 11 is 0. The van der Waals surface area contributed by atoms with Crippen molar-refractivity contribution in [3.63, 3.8) is 0 Å². The SMILES string of the molecule is CC(OCC1CC2CCC1C2)C(=O)O. The van der Waals surface area contributed by atoms with Gasteiger partial charge in [-0.1, -0.05) is 6.42 Å². The Hall–Kier alpha value is -0.570. The molecular weight excluding hydrogens is 180 g/mol. The zero-order valence-corrected chi connectivity index (χ0v) is 8.61. The lowest BCUT2D eigenvalue weighted by atomic mass is 9.89. The molecule has 0 aromatic heterocycles. The predicted molar refractivity (Wildman–Crippen MR) is 52.0 cm³/mol. The minimum absolute atomic E-state index is 0.635. The van der Waals surface area contributed by atoms with Crippen molar-refractivity contribution < 1.29 is 14.6 Å². The van der Waals surface area contributed by atoms with Gasteiger partial charge in [0.25, 0.3) is 0 Å². The number of carbonyl (C=O) groups is 1. The number of hydrogen-bond donors (Lipinski definition) is 1. The van der Waals surface area contributed by atoms with Gasteiger partial charge < -0.3 is 9.84 Å². The summed E-state index contributed by atoms with van der Waals surface area (Å²) in [6, 6.07) is 0. The zero-order valence-electron chi connectivity index (χ0n) is 8.61. The van der Waals surface area contributed by atoms with Crippen LogP contribution in [-0.2, 0) is 9.53 Å². The maximum Gasteiger partial charge on any atom is 0.332 e. The van der Waals surface area contributed by atoms with Gasteiger partial charge in [0, 0.05) is 0 Å². The molecule has 2 fully saturated rings. The van der Waals surface area contributed by atoms with Crippen LogP contribution in [-0.4, -0.2) is 23.8 Å². The number of carboxylic acid groups (broad SMARTS) is 1. The summed E-state index contributed by atoms with van der Waals surface area (Å²) in [5.41, 5.74) is 0. The Morgan fingerprint density at radius 3 is 2.79 bits per heavy atom. The molecular formula is C11H18O3. The highest BCUT2D eigenvalue weighted by Crippen LogP contribution is 2.48. The molecule has 2 bridgehead atoms. The quantitative estimate of drug-likeness (QED) is 0.750. The Morgan fingerprint density at radius 2 is 2.29 bits per heavy atom. The fourth-order valence-electron chi connectivity index (χ4n) is 2.92. The average molecular weight is 198 g/mol. The van der Waals surface area contributed by atoms with Gasteiger partial charge in [-0.25, -0.2) is 4.79 Å². The van der Waals surface area contributed by atoms with E-state index in [4.69, 9.17) is 9.84 Å². The molecule has 0 heterocycles. The van der Waals surface area contributed by atoms with Crippen molar-refractivity contribution in [1.29, 1.82) is 0 Å². The number of carboxylic acids is 1. The van der Waals surface area contributed by atoms with E-state index in [-0.39, 0.29) is 0 Å². The van der Waals surface area contributed by atoms with Gasteiger partial charge in [-0.15, -0.1) is 0 Å². The molecule has 0 spiro atoms. The lowest BCUT2D eigenvalue weighted by molar-refractivity contribution is -0.150. The monoisotopic (exact) mass is 198 g/mol. The molecule has 0 saturated heterocycles. The molecule has 0 radical (unpaired) electrons. The maximum absolute atomic E-state index is 10.5. The average Bonchev–Trinajstić information content (AvgIpc) is 2.74. The molecule has 4 unspecified atom stereocenters. The van der Waals surface area contributed by atoms with E-state index in [0.717, 1.165) is 11.8 Å². The first kappa shape index (κ1) is 9.97. The Morgan fingerprint density at radius 1 is 1.50 bits per heavy atom. The summed E-state index contributed by atoms with van der Waals surface area (Å²) in [7, 11) is 0. The maximum atomic E-state index is 10.5. The van der Waals surface area contributed by atoms with Crippen LogP contribution >= 0.6 is 0 Å². The van der Waals surface area contributed by atoms with E-state index in [1.165, 1.54) is 25.7 Å². The fraction of sp³-hybridized carbons (Fsp3) is 0.909. The molecule has 14 heavy (non-hydrogen) atoms. The third kappa shape index (κ3) is 1.92. The molecule has 3 heteroatoms. The fourth-order valence-corrected chi connectivity index (χ4v) is 2.92. The topological polar surface area (TPSA) is 46.5 Å². The summed E-state index contributed by atoms with van der Waals surface area (Å²) in [6.45, 7) is 2.25.